The largest absolute Gasteiger partial charge is 0.469 e. The minimum absolute atomic E-state index is 0.112. The second-order valence-corrected chi connectivity index (χ2v) is 6.36. The van der Waals surface area contributed by atoms with Crippen LogP contribution in [0.25, 0.3) is 0 Å². The van der Waals surface area contributed by atoms with Crippen LogP contribution in [0.3, 0.4) is 0 Å². The van der Waals surface area contributed by atoms with Gasteiger partial charge >= 0.3 is 5.97 Å². The molecule has 0 amide bonds. The molecule has 102 valence electrons. The third-order valence-electron chi connectivity index (χ3n) is 2.97. The van der Waals surface area contributed by atoms with Gasteiger partial charge in [-0.25, -0.2) is 0 Å². The number of esters is 1. The normalized spacial score (nSPS) is 18.7. The van der Waals surface area contributed by atoms with Crippen molar-refractivity contribution in [3.05, 3.63) is 34.9 Å². The second kappa shape index (κ2) is 6.59. The molecular formula is C13H14ClNO2S2. The average molecular weight is 316 g/mol. The number of carbonyl (C=O) groups excluding carboxylic acids is 1. The first-order chi connectivity index (χ1) is 9.10. The molecule has 1 atom stereocenters. The smallest absolute Gasteiger partial charge is 0.307 e. The number of hydrogen-bond donors (Lipinski definition) is 0. The van der Waals surface area contributed by atoms with Gasteiger partial charge in [0, 0.05) is 17.3 Å². The Hall–Kier alpha value is -0.780. The molecule has 0 spiro atoms. The number of ether oxygens (including phenoxy) is 1. The quantitative estimate of drug-likeness (QED) is 0.629. The van der Waals surface area contributed by atoms with Gasteiger partial charge < -0.3 is 9.64 Å². The number of hydrogen-bond acceptors (Lipinski definition) is 4. The molecular weight excluding hydrogens is 302 g/mol. The molecule has 1 unspecified atom stereocenters. The van der Waals surface area contributed by atoms with Crippen LogP contribution in [0.15, 0.2) is 24.3 Å². The molecule has 0 N–H and O–H groups in total. The highest BCUT2D eigenvalue weighted by atomic mass is 35.5. The SMILES string of the molecule is COC(=O)CC1CSC(=S)N1Cc1ccc(Cl)cc1. The molecule has 1 saturated heterocycles. The molecule has 1 aromatic carbocycles. The first-order valence-corrected chi connectivity index (χ1v) is 7.62. The fourth-order valence-electron chi connectivity index (χ4n) is 1.91. The summed E-state index contributed by atoms with van der Waals surface area (Å²) in [5.41, 5.74) is 1.13. The van der Waals surface area contributed by atoms with E-state index in [-0.39, 0.29) is 12.0 Å². The Bertz CT molecular complexity index is 478. The summed E-state index contributed by atoms with van der Waals surface area (Å²) in [6.07, 6.45) is 0.372. The van der Waals surface area contributed by atoms with Gasteiger partial charge in [0.25, 0.3) is 0 Å². The van der Waals surface area contributed by atoms with Crippen molar-refractivity contribution in [1.29, 1.82) is 0 Å². The summed E-state index contributed by atoms with van der Waals surface area (Å²) in [4.78, 5) is 13.5. The predicted octanol–water partition coefficient (Wildman–Crippen LogP) is 3.11. The number of halogens is 1. The Kier molecular flexibility index (Phi) is 5.07. The van der Waals surface area contributed by atoms with Crippen molar-refractivity contribution in [2.24, 2.45) is 0 Å². The van der Waals surface area contributed by atoms with E-state index in [0.29, 0.717) is 18.0 Å². The predicted molar refractivity (Wildman–Crippen MR) is 82.5 cm³/mol. The number of methoxy groups -OCH3 is 1. The van der Waals surface area contributed by atoms with E-state index in [1.807, 2.05) is 24.3 Å². The van der Waals surface area contributed by atoms with Gasteiger partial charge in [-0.1, -0.05) is 47.7 Å². The number of nitrogens with zero attached hydrogens (tertiary/aromatic N) is 1. The maximum Gasteiger partial charge on any atom is 0.307 e. The van der Waals surface area contributed by atoms with Crippen LogP contribution in [0.4, 0.5) is 0 Å². The van der Waals surface area contributed by atoms with Gasteiger partial charge in [0.1, 0.15) is 4.32 Å². The molecule has 1 heterocycles. The van der Waals surface area contributed by atoms with E-state index in [2.05, 4.69) is 4.90 Å². The van der Waals surface area contributed by atoms with E-state index in [1.54, 1.807) is 11.8 Å². The number of thiocarbonyl (C=S) groups is 1. The monoisotopic (exact) mass is 315 g/mol. The standard InChI is InChI=1S/C13H14ClNO2S2/c1-17-12(16)6-11-8-19-13(18)15(11)7-9-2-4-10(14)5-3-9/h2-5,11H,6-8H2,1H3. The van der Waals surface area contributed by atoms with E-state index >= 15 is 0 Å². The van der Waals surface area contributed by atoms with Crippen LogP contribution in [0.5, 0.6) is 0 Å². The zero-order valence-corrected chi connectivity index (χ0v) is 12.9. The molecule has 0 aliphatic carbocycles. The van der Waals surface area contributed by atoms with Crippen molar-refractivity contribution in [3.8, 4) is 0 Å². The maximum absolute atomic E-state index is 11.4. The summed E-state index contributed by atoms with van der Waals surface area (Å²) in [6, 6.07) is 7.78. The molecule has 0 saturated carbocycles. The van der Waals surface area contributed by atoms with Crippen molar-refractivity contribution >= 4 is 45.9 Å². The Balaban J connectivity index is 2.05. The highest BCUT2D eigenvalue weighted by molar-refractivity contribution is 8.23. The number of carbonyl (C=O) groups is 1. The molecule has 1 aliphatic rings. The lowest BCUT2D eigenvalue weighted by Crippen LogP contribution is -2.34. The fourth-order valence-corrected chi connectivity index (χ4v) is 3.47. The summed E-state index contributed by atoms with van der Waals surface area (Å²) in [5, 5.41) is 0.716. The van der Waals surface area contributed by atoms with Crippen molar-refractivity contribution < 1.29 is 9.53 Å². The van der Waals surface area contributed by atoms with Crippen molar-refractivity contribution in [2.75, 3.05) is 12.9 Å². The molecule has 3 nitrogen and oxygen atoms in total. The number of rotatable bonds is 4. The van der Waals surface area contributed by atoms with E-state index in [4.69, 9.17) is 28.6 Å². The Morgan fingerprint density at radius 1 is 1.53 bits per heavy atom. The van der Waals surface area contributed by atoms with Crippen LogP contribution >= 0.6 is 35.6 Å². The average Bonchev–Trinajstić information content (AvgIpc) is 2.74. The van der Waals surface area contributed by atoms with Crippen molar-refractivity contribution in [1.82, 2.24) is 4.90 Å². The third-order valence-corrected chi connectivity index (χ3v) is 4.84. The molecule has 2 rings (SSSR count). The highest BCUT2D eigenvalue weighted by Gasteiger charge is 2.30. The zero-order valence-electron chi connectivity index (χ0n) is 10.5. The summed E-state index contributed by atoms with van der Waals surface area (Å²) in [7, 11) is 1.41. The van der Waals surface area contributed by atoms with Gasteiger partial charge in [-0.2, -0.15) is 0 Å². The van der Waals surface area contributed by atoms with Gasteiger partial charge in [-0.05, 0) is 17.7 Å². The number of thioether (sulfide) groups is 1. The summed E-state index contributed by atoms with van der Waals surface area (Å²) in [5.74, 6) is 0.637. The minimum atomic E-state index is -0.198. The van der Waals surface area contributed by atoms with E-state index in [1.165, 1.54) is 7.11 Å². The van der Waals surface area contributed by atoms with Gasteiger partial charge in [-0.15, -0.1) is 0 Å². The Morgan fingerprint density at radius 3 is 2.84 bits per heavy atom. The van der Waals surface area contributed by atoms with Crippen molar-refractivity contribution in [3.63, 3.8) is 0 Å². The summed E-state index contributed by atoms with van der Waals surface area (Å²) >= 11 is 12.8. The van der Waals surface area contributed by atoms with Gasteiger partial charge in [-0.3, -0.25) is 4.79 Å². The second-order valence-electron chi connectivity index (χ2n) is 4.27. The minimum Gasteiger partial charge on any atom is -0.469 e. The molecule has 1 aromatic rings. The first-order valence-electron chi connectivity index (χ1n) is 5.85. The Morgan fingerprint density at radius 2 is 2.21 bits per heavy atom. The first kappa shape index (κ1) is 14.6. The molecule has 19 heavy (non-hydrogen) atoms. The van der Waals surface area contributed by atoms with Gasteiger partial charge in [0.05, 0.1) is 19.6 Å². The molecule has 6 heteroatoms. The molecule has 0 aromatic heterocycles. The lowest BCUT2D eigenvalue weighted by atomic mass is 10.1. The van der Waals surface area contributed by atoms with E-state index in [0.717, 1.165) is 15.6 Å². The molecule has 0 bridgehead atoms. The van der Waals surface area contributed by atoms with Crippen LogP contribution in [-0.2, 0) is 16.1 Å². The van der Waals surface area contributed by atoms with Crippen molar-refractivity contribution in [2.45, 2.75) is 19.0 Å². The van der Waals surface area contributed by atoms with E-state index < -0.39 is 0 Å². The van der Waals surface area contributed by atoms with Crippen LogP contribution in [-0.4, -0.2) is 34.1 Å². The van der Waals surface area contributed by atoms with E-state index in [9.17, 15) is 4.79 Å². The van der Waals surface area contributed by atoms with Crippen LogP contribution in [0.2, 0.25) is 5.02 Å². The molecule has 1 aliphatic heterocycles. The maximum atomic E-state index is 11.4. The summed E-state index contributed by atoms with van der Waals surface area (Å²) in [6.45, 7) is 0.699. The van der Waals surface area contributed by atoms with Gasteiger partial charge in [0.2, 0.25) is 0 Å². The number of benzene rings is 1. The highest BCUT2D eigenvalue weighted by Crippen LogP contribution is 2.28. The molecule has 0 radical (unpaired) electrons. The summed E-state index contributed by atoms with van der Waals surface area (Å²) < 4.78 is 5.56. The lowest BCUT2D eigenvalue weighted by molar-refractivity contribution is -0.141. The third kappa shape index (κ3) is 3.84. The van der Waals surface area contributed by atoms with Crippen LogP contribution < -0.4 is 0 Å². The Labute approximate surface area is 127 Å². The molecule has 1 fully saturated rings. The lowest BCUT2D eigenvalue weighted by Gasteiger charge is -2.24. The topological polar surface area (TPSA) is 29.5 Å². The fraction of sp³-hybridized carbons (Fsp3) is 0.385. The van der Waals surface area contributed by atoms with Crippen LogP contribution in [0, 0.1) is 0 Å². The van der Waals surface area contributed by atoms with Gasteiger partial charge in [0.15, 0.2) is 0 Å². The van der Waals surface area contributed by atoms with Crippen LogP contribution in [0.1, 0.15) is 12.0 Å². The zero-order chi connectivity index (χ0) is 13.8.